The molecule has 0 aromatic heterocycles. The second kappa shape index (κ2) is 7.58. The lowest BCUT2D eigenvalue weighted by Gasteiger charge is -2.13. The number of para-hydroxylation sites is 2. The summed E-state index contributed by atoms with van der Waals surface area (Å²) < 4.78 is 5.91. The van der Waals surface area contributed by atoms with E-state index in [0.29, 0.717) is 33.8 Å². The lowest BCUT2D eigenvalue weighted by atomic mass is 10.0. The highest BCUT2D eigenvalue weighted by molar-refractivity contribution is 5.96. The van der Waals surface area contributed by atoms with Gasteiger partial charge in [-0.05, 0) is 24.3 Å². The molecule has 0 fully saturated rings. The minimum atomic E-state index is 0.299. The Morgan fingerprint density at radius 3 is 1.52 bits per heavy atom. The summed E-state index contributed by atoms with van der Waals surface area (Å²) in [6.07, 6.45) is 2.84. The van der Waals surface area contributed by atoms with E-state index in [9.17, 15) is 9.59 Å². The quantitative estimate of drug-likeness (QED) is 0.591. The Morgan fingerprint density at radius 1 is 0.783 bits per heavy atom. The van der Waals surface area contributed by atoms with Gasteiger partial charge < -0.3 is 4.74 Å². The summed E-state index contributed by atoms with van der Waals surface area (Å²) in [5, 5.41) is 0. The van der Waals surface area contributed by atoms with Gasteiger partial charge in [-0.3, -0.25) is 0 Å². The fourth-order valence-electron chi connectivity index (χ4n) is 2.09. The Bertz CT molecular complexity index is 777. The molecule has 112 valence electrons. The van der Waals surface area contributed by atoms with Crippen molar-refractivity contribution in [2.75, 3.05) is 0 Å². The lowest BCUT2D eigenvalue weighted by Crippen LogP contribution is -1.94. The zero-order valence-corrected chi connectivity index (χ0v) is 12.4. The van der Waals surface area contributed by atoms with E-state index in [1.165, 1.54) is 12.2 Å². The molecule has 0 radical (unpaired) electrons. The maximum Gasteiger partial charge on any atom is 0.136 e. The summed E-state index contributed by atoms with van der Waals surface area (Å²) >= 11 is 0. The first-order chi connectivity index (χ1) is 11.2. The van der Waals surface area contributed by atoms with Crippen LogP contribution >= 0.6 is 0 Å². The van der Waals surface area contributed by atoms with Gasteiger partial charge in [0.15, 0.2) is 0 Å². The second-order valence-electron chi connectivity index (χ2n) is 4.53. The largest absolute Gasteiger partial charge is 0.456 e. The molecule has 0 saturated heterocycles. The maximum absolute atomic E-state index is 11.1. The smallest absolute Gasteiger partial charge is 0.136 e. The molecule has 0 N–H and O–H groups in total. The number of rotatable bonds is 6. The maximum atomic E-state index is 11.1. The molecule has 3 heteroatoms. The zero-order chi connectivity index (χ0) is 16.7. The van der Waals surface area contributed by atoms with Gasteiger partial charge in [-0.1, -0.05) is 49.6 Å². The van der Waals surface area contributed by atoms with Crippen LogP contribution in [0.3, 0.4) is 0 Å². The molecular weight excluding hydrogens is 288 g/mol. The Hall–Kier alpha value is -3.38. The average Bonchev–Trinajstić information content (AvgIpc) is 2.60. The van der Waals surface area contributed by atoms with Crippen LogP contribution in [0.5, 0.6) is 11.5 Å². The monoisotopic (exact) mass is 302 g/mol. The van der Waals surface area contributed by atoms with Crippen LogP contribution in [0.25, 0.3) is 11.1 Å². The summed E-state index contributed by atoms with van der Waals surface area (Å²) in [6, 6.07) is 14.1. The van der Waals surface area contributed by atoms with Gasteiger partial charge in [-0.25, -0.2) is 9.59 Å². The molecule has 0 saturated carbocycles. The van der Waals surface area contributed by atoms with Gasteiger partial charge in [0.05, 0.1) is 11.1 Å². The molecule has 23 heavy (non-hydrogen) atoms. The molecule has 0 atom stereocenters. The van der Waals surface area contributed by atoms with Crippen LogP contribution in [-0.2, 0) is 9.59 Å². The van der Waals surface area contributed by atoms with E-state index in [1.54, 1.807) is 48.5 Å². The van der Waals surface area contributed by atoms with Crippen molar-refractivity contribution in [3.05, 3.63) is 85.0 Å². The number of hydrogen-bond acceptors (Lipinski definition) is 3. The third-order valence-corrected chi connectivity index (χ3v) is 3.20. The van der Waals surface area contributed by atoms with Gasteiger partial charge in [0, 0.05) is 11.1 Å². The molecule has 0 aliphatic rings. The number of ether oxygens (including phenoxy) is 1. The fraction of sp³-hybridized carbons (Fsp3) is 0. The topological polar surface area (TPSA) is 43.4 Å². The van der Waals surface area contributed by atoms with Crippen molar-refractivity contribution < 1.29 is 14.3 Å². The highest BCUT2D eigenvalue weighted by Gasteiger charge is 2.12. The average molecular weight is 302 g/mol. The van der Waals surface area contributed by atoms with Crippen molar-refractivity contribution in [3.63, 3.8) is 0 Å². The number of hydrogen-bond donors (Lipinski definition) is 0. The summed E-state index contributed by atoms with van der Waals surface area (Å²) in [7, 11) is 0. The van der Waals surface area contributed by atoms with Crippen LogP contribution < -0.4 is 4.74 Å². The summed E-state index contributed by atoms with van der Waals surface area (Å²) in [4.78, 5) is 22.1. The van der Waals surface area contributed by atoms with Gasteiger partial charge in [-0.2, -0.15) is 0 Å². The molecule has 0 amide bonds. The molecule has 0 heterocycles. The first kappa shape index (κ1) is 16.0. The van der Waals surface area contributed by atoms with Crippen LogP contribution in [0.4, 0.5) is 0 Å². The third-order valence-electron chi connectivity index (χ3n) is 3.20. The second-order valence-corrected chi connectivity index (χ2v) is 4.53. The van der Waals surface area contributed by atoms with Gasteiger partial charge in [0.2, 0.25) is 0 Å². The van der Waals surface area contributed by atoms with Crippen LogP contribution in [-0.4, -0.2) is 11.9 Å². The summed E-state index contributed by atoms with van der Waals surface area (Å²) in [5.74, 6) is 4.61. The Labute approximate surface area is 134 Å². The third kappa shape index (κ3) is 3.45. The van der Waals surface area contributed by atoms with Gasteiger partial charge in [0.1, 0.15) is 23.4 Å². The first-order valence-electron chi connectivity index (χ1n) is 6.87. The Morgan fingerprint density at radius 2 is 1.17 bits per heavy atom. The van der Waals surface area contributed by atoms with E-state index < -0.39 is 0 Å². The van der Waals surface area contributed by atoms with Crippen molar-refractivity contribution in [1.29, 1.82) is 0 Å². The van der Waals surface area contributed by atoms with E-state index in [1.807, 2.05) is 11.9 Å². The Kier molecular flexibility index (Phi) is 5.27. The van der Waals surface area contributed by atoms with Gasteiger partial charge in [-0.15, -0.1) is 0 Å². The number of benzene rings is 2. The summed E-state index contributed by atoms with van der Waals surface area (Å²) in [6.45, 7) is 7.21. The SMILES string of the molecule is C=CC(=C=O)c1ccccc1Oc1ccccc1C(=C=O)C=C. The van der Waals surface area contributed by atoms with Crippen molar-refractivity contribution in [3.8, 4) is 11.5 Å². The van der Waals surface area contributed by atoms with Crippen molar-refractivity contribution in [2.24, 2.45) is 0 Å². The fourth-order valence-corrected chi connectivity index (χ4v) is 2.09. The van der Waals surface area contributed by atoms with E-state index in [2.05, 4.69) is 13.2 Å². The molecule has 2 rings (SSSR count). The van der Waals surface area contributed by atoms with Crippen LogP contribution in [0.1, 0.15) is 11.1 Å². The highest BCUT2D eigenvalue weighted by Crippen LogP contribution is 2.33. The molecule has 0 aliphatic heterocycles. The molecule has 2 aromatic rings. The molecule has 0 spiro atoms. The van der Waals surface area contributed by atoms with Gasteiger partial charge in [0.25, 0.3) is 0 Å². The molecule has 3 nitrogen and oxygen atoms in total. The Balaban J connectivity index is 2.54. The van der Waals surface area contributed by atoms with Crippen molar-refractivity contribution in [2.45, 2.75) is 0 Å². The van der Waals surface area contributed by atoms with E-state index in [4.69, 9.17) is 4.74 Å². The molecule has 0 bridgehead atoms. The van der Waals surface area contributed by atoms with Crippen LogP contribution in [0.2, 0.25) is 0 Å². The minimum absolute atomic E-state index is 0.299. The minimum Gasteiger partial charge on any atom is -0.456 e. The van der Waals surface area contributed by atoms with Crippen LogP contribution in [0.15, 0.2) is 73.8 Å². The summed E-state index contributed by atoms with van der Waals surface area (Å²) in [5.41, 5.74) is 1.74. The lowest BCUT2D eigenvalue weighted by molar-refractivity contribution is 0.479. The predicted molar refractivity (Wildman–Crippen MR) is 91.6 cm³/mol. The van der Waals surface area contributed by atoms with Crippen molar-refractivity contribution >= 4 is 23.0 Å². The first-order valence-corrected chi connectivity index (χ1v) is 6.87. The van der Waals surface area contributed by atoms with E-state index >= 15 is 0 Å². The van der Waals surface area contributed by atoms with Gasteiger partial charge >= 0.3 is 0 Å². The normalized spacial score (nSPS) is 9.22. The van der Waals surface area contributed by atoms with Crippen molar-refractivity contribution in [1.82, 2.24) is 0 Å². The molecule has 2 aromatic carbocycles. The number of carbonyl (C=O) groups excluding carboxylic acids is 2. The molecular formula is C20H14O3. The molecule has 0 unspecified atom stereocenters. The number of allylic oxidation sites excluding steroid dienone is 4. The van der Waals surface area contributed by atoms with Crippen LogP contribution in [0, 0.1) is 0 Å². The zero-order valence-electron chi connectivity index (χ0n) is 12.4. The van der Waals surface area contributed by atoms with E-state index in [-0.39, 0.29) is 0 Å². The van der Waals surface area contributed by atoms with E-state index in [0.717, 1.165) is 0 Å². The molecule has 0 aliphatic carbocycles. The standard InChI is InChI=1S/C20H14O3/c1-3-15(13-21)17-9-5-7-11-19(17)23-20-12-8-6-10-18(20)16(4-2)14-22/h3-12H,1-2H2. The highest BCUT2D eigenvalue weighted by atomic mass is 16.5. The predicted octanol–water partition coefficient (Wildman–Crippen LogP) is 4.28.